The number of thiazole rings is 1. The van der Waals surface area contributed by atoms with Crippen LogP contribution in [0.1, 0.15) is 41.2 Å². The van der Waals surface area contributed by atoms with Crippen LogP contribution in [0.15, 0.2) is 65.6 Å². The number of amides is 1. The predicted octanol–water partition coefficient (Wildman–Crippen LogP) is 5.28. The molecule has 2 aliphatic carbocycles. The minimum Gasteiger partial charge on any atom is -0.489 e. The molecule has 3 aliphatic rings. The minimum absolute atomic E-state index is 0.0454. The van der Waals surface area contributed by atoms with Crippen LogP contribution >= 0.6 is 11.3 Å². The molecule has 3 heterocycles. The van der Waals surface area contributed by atoms with E-state index in [-0.39, 0.29) is 28.7 Å². The van der Waals surface area contributed by atoms with E-state index in [1.165, 1.54) is 12.1 Å². The van der Waals surface area contributed by atoms with E-state index in [4.69, 9.17) is 18.9 Å². The van der Waals surface area contributed by atoms with Crippen molar-refractivity contribution in [1.82, 2.24) is 14.9 Å². The van der Waals surface area contributed by atoms with Crippen LogP contribution in [-0.4, -0.2) is 66.4 Å². The molecule has 1 saturated carbocycles. The molecular weight excluding hydrogens is 521 g/mol. The van der Waals surface area contributed by atoms with E-state index >= 15 is 4.39 Å². The van der Waals surface area contributed by atoms with Crippen molar-refractivity contribution in [3.05, 3.63) is 82.7 Å². The van der Waals surface area contributed by atoms with Crippen LogP contribution in [0.5, 0.6) is 5.75 Å². The van der Waals surface area contributed by atoms with Crippen LogP contribution in [0.4, 0.5) is 4.39 Å². The van der Waals surface area contributed by atoms with E-state index in [2.05, 4.69) is 9.97 Å². The summed E-state index contributed by atoms with van der Waals surface area (Å²) in [7, 11) is 1.67. The summed E-state index contributed by atoms with van der Waals surface area (Å²) in [6.07, 6.45) is 8.04. The van der Waals surface area contributed by atoms with Crippen molar-refractivity contribution in [3.63, 3.8) is 0 Å². The number of halogens is 1. The second kappa shape index (κ2) is 11.0. The Labute approximate surface area is 230 Å². The molecule has 10 heteroatoms. The molecule has 1 atom stereocenters. The Bertz CT molecular complexity index is 1390. The topological polar surface area (TPSA) is 85.9 Å². The Hall–Kier alpha value is -3.47. The van der Waals surface area contributed by atoms with Crippen molar-refractivity contribution in [2.24, 2.45) is 0 Å². The number of nitrogens with one attached hydrogen (secondary N) is 1. The summed E-state index contributed by atoms with van der Waals surface area (Å²) in [5, 5.41) is 2.85. The zero-order valence-electron chi connectivity index (χ0n) is 21.7. The van der Waals surface area contributed by atoms with Gasteiger partial charge < -0.3 is 28.8 Å². The maximum Gasteiger partial charge on any atom is 0.254 e. The number of benzene rings is 1. The van der Waals surface area contributed by atoms with Crippen molar-refractivity contribution in [2.75, 3.05) is 40.0 Å². The van der Waals surface area contributed by atoms with E-state index in [9.17, 15) is 4.79 Å². The first-order valence-electron chi connectivity index (χ1n) is 13.1. The maximum absolute atomic E-state index is 15.2. The first-order valence-corrected chi connectivity index (χ1v) is 13.9. The number of carbonyl (C=O) groups excluding carboxylic acids is 1. The summed E-state index contributed by atoms with van der Waals surface area (Å²) in [4.78, 5) is 22.3. The van der Waals surface area contributed by atoms with Crippen LogP contribution in [0, 0.1) is 5.82 Å². The van der Waals surface area contributed by atoms with Gasteiger partial charge in [0.25, 0.3) is 5.91 Å². The Morgan fingerprint density at radius 1 is 1.26 bits per heavy atom. The molecule has 1 saturated heterocycles. The van der Waals surface area contributed by atoms with Gasteiger partial charge in [-0.15, -0.1) is 11.3 Å². The lowest BCUT2D eigenvalue weighted by Gasteiger charge is -2.27. The lowest BCUT2D eigenvalue weighted by Crippen LogP contribution is -2.40. The molecule has 8 nitrogen and oxygen atoms in total. The highest BCUT2D eigenvalue weighted by Crippen LogP contribution is 2.44. The third kappa shape index (κ3) is 5.78. The standard InChI is InChI=1S/C29H30FN3O5S/c1-35-18-29(6-7-29)38-22-15-20(24-3-4-25(32-24)27-31-8-13-39-27)14-21(17-22)37-26-5-2-19(16-23(26)30)28(34)33-9-11-36-12-10-33/h2-5,8,13-14,16-17,20,32H,6-7,9-12,15,18H2,1H3. The fraction of sp³-hybridized carbons (Fsp3) is 0.379. The average Bonchev–Trinajstić information content (AvgIpc) is 3.33. The third-order valence-corrected chi connectivity index (χ3v) is 7.93. The number of hydrogen-bond acceptors (Lipinski definition) is 7. The molecule has 1 amide bonds. The van der Waals surface area contributed by atoms with Gasteiger partial charge in [-0.05, 0) is 49.2 Å². The molecule has 204 valence electrons. The van der Waals surface area contributed by atoms with Gasteiger partial charge in [0.1, 0.15) is 22.1 Å². The number of aromatic amines is 1. The summed E-state index contributed by atoms with van der Waals surface area (Å²) in [5.74, 6) is 0.396. The fourth-order valence-electron chi connectivity index (χ4n) is 4.93. The Morgan fingerprint density at radius 2 is 2.10 bits per heavy atom. The summed E-state index contributed by atoms with van der Waals surface area (Å²) in [5.41, 5.74) is 1.90. The number of hydrogen-bond donors (Lipinski definition) is 1. The van der Waals surface area contributed by atoms with E-state index in [0.29, 0.717) is 45.1 Å². The van der Waals surface area contributed by atoms with Gasteiger partial charge in [0.05, 0.1) is 25.5 Å². The second-order valence-electron chi connectivity index (χ2n) is 10.0. The van der Waals surface area contributed by atoms with E-state index < -0.39 is 5.82 Å². The molecule has 2 aromatic heterocycles. The average molecular weight is 552 g/mol. The van der Waals surface area contributed by atoms with Crippen molar-refractivity contribution in [1.29, 1.82) is 0 Å². The number of rotatable bonds is 9. The first-order chi connectivity index (χ1) is 19.0. The third-order valence-electron chi connectivity index (χ3n) is 7.13. The van der Waals surface area contributed by atoms with Crippen molar-refractivity contribution in [2.45, 2.75) is 30.8 Å². The number of aromatic nitrogens is 2. The molecule has 0 spiro atoms. The van der Waals surface area contributed by atoms with Gasteiger partial charge in [0, 0.05) is 61.4 Å². The molecule has 39 heavy (non-hydrogen) atoms. The van der Waals surface area contributed by atoms with Gasteiger partial charge in [0.2, 0.25) is 0 Å². The summed E-state index contributed by atoms with van der Waals surface area (Å²) in [6, 6.07) is 8.38. The Balaban J connectivity index is 1.24. The second-order valence-corrected chi connectivity index (χ2v) is 10.9. The first kappa shape index (κ1) is 25.8. The SMILES string of the molecule is COCC1(OC2=CC(Oc3ccc(C(=O)N4CCOCC4)cc3F)=CC(c3ccc(-c4nccs4)[nH]3)C2)CC1. The van der Waals surface area contributed by atoms with Gasteiger partial charge in [-0.2, -0.15) is 0 Å². The Morgan fingerprint density at radius 3 is 2.82 bits per heavy atom. The minimum atomic E-state index is -0.600. The molecule has 1 N–H and O–H groups in total. The number of morpholine rings is 1. The van der Waals surface area contributed by atoms with Gasteiger partial charge >= 0.3 is 0 Å². The molecule has 2 fully saturated rings. The Kier molecular flexibility index (Phi) is 7.24. The normalized spacial score (nSPS) is 20.3. The quantitative estimate of drug-likeness (QED) is 0.390. The number of methoxy groups -OCH3 is 1. The molecule has 1 aromatic carbocycles. The van der Waals surface area contributed by atoms with Crippen LogP contribution in [0.2, 0.25) is 0 Å². The van der Waals surface area contributed by atoms with E-state index in [1.807, 2.05) is 29.7 Å². The number of nitrogens with zero attached hydrogens (tertiary/aromatic N) is 2. The molecule has 0 radical (unpaired) electrons. The molecule has 0 bridgehead atoms. The van der Waals surface area contributed by atoms with Gasteiger partial charge in [0.15, 0.2) is 11.6 Å². The van der Waals surface area contributed by atoms with E-state index in [1.54, 1.807) is 35.6 Å². The zero-order valence-corrected chi connectivity index (χ0v) is 22.5. The highest BCUT2D eigenvalue weighted by Gasteiger charge is 2.46. The highest BCUT2D eigenvalue weighted by atomic mass is 32.1. The molecule has 3 aromatic rings. The van der Waals surface area contributed by atoms with Crippen LogP contribution in [-0.2, 0) is 14.2 Å². The monoisotopic (exact) mass is 551 g/mol. The summed E-state index contributed by atoms with van der Waals surface area (Å²) in [6.45, 7) is 2.47. The van der Waals surface area contributed by atoms with Crippen molar-refractivity contribution >= 4 is 17.2 Å². The van der Waals surface area contributed by atoms with Gasteiger partial charge in [-0.1, -0.05) is 0 Å². The van der Waals surface area contributed by atoms with Crippen LogP contribution in [0.3, 0.4) is 0 Å². The van der Waals surface area contributed by atoms with Crippen LogP contribution < -0.4 is 4.74 Å². The molecule has 6 rings (SSSR count). The lowest BCUT2D eigenvalue weighted by atomic mass is 9.95. The smallest absolute Gasteiger partial charge is 0.254 e. The van der Waals surface area contributed by atoms with Crippen molar-refractivity contribution in [3.8, 4) is 16.5 Å². The molecule has 1 aliphatic heterocycles. The summed E-state index contributed by atoms with van der Waals surface area (Å²) >= 11 is 1.57. The maximum atomic E-state index is 15.2. The van der Waals surface area contributed by atoms with Gasteiger partial charge in [-0.3, -0.25) is 4.79 Å². The summed E-state index contributed by atoms with van der Waals surface area (Å²) < 4.78 is 38.3. The number of carbonyl (C=O) groups is 1. The number of allylic oxidation sites excluding steroid dienone is 3. The fourth-order valence-corrected chi connectivity index (χ4v) is 5.55. The number of ether oxygens (including phenoxy) is 4. The predicted molar refractivity (Wildman–Crippen MR) is 144 cm³/mol. The van der Waals surface area contributed by atoms with Crippen molar-refractivity contribution < 1.29 is 28.1 Å². The zero-order chi connectivity index (χ0) is 26.8. The molecule has 1 unspecified atom stereocenters. The molecular formula is C29H30FN3O5S. The largest absolute Gasteiger partial charge is 0.489 e. The van der Waals surface area contributed by atoms with E-state index in [0.717, 1.165) is 35.0 Å². The van der Waals surface area contributed by atoms with Gasteiger partial charge in [-0.25, -0.2) is 9.37 Å². The lowest BCUT2D eigenvalue weighted by molar-refractivity contribution is 0.0132. The van der Waals surface area contributed by atoms with Crippen LogP contribution in [0.25, 0.3) is 10.7 Å². The number of H-pyrrole nitrogens is 1. The highest BCUT2D eigenvalue weighted by molar-refractivity contribution is 7.13.